The van der Waals surface area contributed by atoms with Crippen molar-refractivity contribution in [3.05, 3.63) is 39.9 Å². The SMILES string of the molecule is CC1(C)C(=O)C(C(=O)NCC(=O)O)=C(O)c2cccc(Cl)c21. The zero-order valence-corrected chi connectivity index (χ0v) is 12.7. The number of benzene rings is 1. The van der Waals surface area contributed by atoms with Crippen LogP contribution in [0.2, 0.25) is 5.02 Å². The first-order valence-electron chi connectivity index (χ1n) is 6.45. The molecule has 0 aromatic heterocycles. The highest BCUT2D eigenvalue weighted by Gasteiger charge is 2.44. The van der Waals surface area contributed by atoms with Crippen molar-refractivity contribution in [3.8, 4) is 0 Å². The molecule has 1 aromatic carbocycles. The second-order valence-corrected chi connectivity index (χ2v) is 5.82. The zero-order chi connectivity index (χ0) is 16.7. The van der Waals surface area contributed by atoms with Gasteiger partial charge in [-0.1, -0.05) is 23.7 Å². The third-order valence-electron chi connectivity index (χ3n) is 3.55. The van der Waals surface area contributed by atoms with Gasteiger partial charge in [-0.05, 0) is 25.5 Å². The normalized spacial score (nSPS) is 16.2. The number of amides is 1. The maximum atomic E-state index is 12.6. The number of fused-ring (bicyclic) bond motifs is 1. The number of carboxylic acid groups (broad SMARTS) is 1. The summed E-state index contributed by atoms with van der Waals surface area (Å²) in [6.07, 6.45) is 0. The predicted molar refractivity (Wildman–Crippen MR) is 79.7 cm³/mol. The van der Waals surface area contributed by atoms with Gasteiger partial charge < -0.3 is 15.5 Å². The minimum Gasteiger partial charge on any atom is -0.506 e. The highest BCUT2D eigenvalue weighted by Crippen LogP contribution is 2.42. The summed E-state index contributed by atoms with van der Waals surface area (Å²) in [6.45, 7) is 2.54. The van der Waals surface area contributed by atoms with Crippen LogP contribution in [0.15, 0.2) is 23.8 Å². The Morgan fingerprint density at radius 3 is 2.55 bits per heavy atom. The Balaban J connectivity index is 2.59. The van der Waals surface area contributed by atoms with Crippen molar-refractivity contribution >= 4 is 35.0 Å². The molecule has 0 fully saturated rings. The highest BCUT2D eigenvalue weighted by atomic mass is 35.5. The van der Waals surface area contributed by atoms with Gasteiger partial charge in [-0.3, -0.25) is 14.4 Å². The number of hydrogen-bond donors (Lipinski definition) is 3. The molecule has 0 spiro atoms. The van der Waals surface area contributed by atoms with Crippen LogP contribution in [0, 0.1) is 0 Å². The summed E-state index contributed by atoms with van der Waals surface area (Å²) in [5, 5.41) is 21.3. The fraction of sp³-hybridized carbons (Fsp3) is 0.267. The van der Waals surface area contributed by atoms with Gasteiger partial charge in [0.2, 0.25) is 0 Å². The molecule has 0 saturated heterocycles. The number of hydrogen-bond acceptors (Lipinski definition) is 4. The van der Waals surface area contributed by atoms with Crippen LogP contribution in [0.1, 0.15) is 25.0 Å². The van der Waals surface area contributed by atoms with Crippen molar-refractivity contribution in [1.29, 1.82) is 0 Å². The molecule has 2 rings (SSSR count). The second kappa shape index (κ2) is 5.46. The molecule has 116 valence electrons. The number of halogens is 1. The van der Waals surface area contributed by atoms with E-state index < -0.39 is 41.0 Å². The smallest absolute Gasteiger partial charge is 0.322 e. The first-order valence-corrected chi connectivity index (χ1v) is 6.83. The first-order chi connectivity index (χ1) is 10.2. The van der Waals surface area contributed by atoms with Crippen LogP contribution in [0.5, 0.6) is 0 Å². The van der Waals surface area contributed by atoms with Gasteiger partial charge in [0.05, 0.1) is 5.41 Å². The number of carboxylic acids is 1. The molecule has 0 bridgehead atoms. The summed E-state index contributed by atoms with van der Waals surface area (Å²) in [5.74, 6) is -3.29. The van der Waals surface area contributed by atoms with Gasteiger partial charge in [0, 0.05) is 10.6 Å². The zero-order valence-electron chi connectivity index (χ0n) is 11.9. The molecule has 6 nitrogen and oxygen atoms in total. The number of nitrogens with one attached hydrogen (secondary N) is 1. The molecule has 1 aromatic rings. The Bertz CT molecular complexity index is 721. The van der Waals surface area contributed by atoms with Gasteiger partial charge in [-0.15, -0.1) is 0 Å². The van der Waals surface area contributed by atoms with Crippen LogP contribution < -0.4 is 5.32 Å². The summed E-state index contributed by atoms with van der Waals surface area (Å²) in [5.41, 5.74) is -0.844. The molecule has 0 unspecified atom stereocenters. The van der Waals surface area contributed by atoms with Crippen LogP contribution in [0.4, 0.5) is 0 Å². The van der Waals surface area contributed by atoms with Gasteiger partial charge in [-0.25, -0.2) is 0 Å². The number of Topliss-reactive ketones (excluding diaryl/α,β-unsaturated/α-hetero) is 1. The molecule has 0 radical (unpaired) electrons. The Hall–Kier alpha value is -2.34. The average Bonchev–Trinajstić information content (AvgIpc) is 2.43. The number of ketones is 1. The molecule has 1 aliphatic rings. The Morgan fingerprint density at radius 1 is 1.32 bits per heavy atom. The number of rotatable bonds is 3. The summed E-state index contributed by atoms with van der Waals surface area (Å²) in [4.78, 5) is 35.2. The standard InChI is InChI=1S/C15H14ClNO5/c1-15(2)11-7(4-3-5-8(11)16)12(20)10(13(15)21)14(22)17-6-9(18)19/h3-5,20H,6H2,1-2H3,(H,17,22)(H,18,19). The van der Waals surface area contributed by atoms with Crippen molar-refractivity contribution in [2.75, 3.05) is 6.54 Å². The fourth-order valence-corrected chi connectivity index (χ4v) is 2.89. The number of aliphatic hydroxyl groups excluding tert-OH is 1. The van der Waals surface area contributed by atoms with Crippen LogP contribution in [-0.4, -0.2) is 34.4 Å². The number of carbonyl (C=O) groups excluding carboxylic acids is 2. The maximum Gasteiger partial charge on any atom is 0.322 e. The van der Waals surface area contributed by atoms with E-state index in [9.17, 15) is 19.5 Å². The third kappa shape index (κ3) is 2.46. The van der Waals surface area contributed by atoms with Gasteiger partial charge in [0.25, 0.3) is 5.91 Å². The van der Waals surface area contributed by atoms with Crippen molar-refractivity contribution < 1.29 is 24.6 Å². The minimum absolute atomic E-state index is 0.289. The van der Waals surface area contributed by atoms with E-state index in [2.05, 4.69) is 5.32 Å². The molecule has 0 saturated carbocycles. The summed E-state index contributed by atoms with van der Waals surface area (Å²) < 4.78 is 0. The molecular formula is C15H14ClNO5. The van der Waals surface area contributed by atoms with E-state index in [-0.39, 0.29) is 5.56 Å². The van der Waals surface area contributed by atoms with Crippen LogP contribution >= 0.6 is 11.6 Å². The lowest BCUT2D eigenvalue weighted by Crippen LogP contribution is -2.42. The van der Waals surface area contributed by atoms with E-state index in [0.29, 0.717) is 10.6 Å². The quantitative estimate of drug-likeness (QED) is 0.734. The average molecular weight is 324 g/mol. The lowest BCUT2D eigenvalue weighted by molar-refractivity contribution is -0.138. The highest BCUT2D eigenvalue weighted by molar-refractivity contribution is 6.34. The van der Waals surface area contributed by atoms with Crippen molar-refractivity contribution in [2.45, 2.75) is 19.3 Å². The maximum absolute atomic E-state index is 12.6. The summed E-state index contributed by atoms with van der Waals surface area (Å²) in [7, 11) is 0. The largest absolute Gasteiger partial charge is 0.506 e. The van der Waals surface area contributed by atoms with Crippen molar-refractivity contribution in [2.24, 2.45) is 0 Å². The fourth-order valence-electron chi connectivity index (χ4n) is 2.48. The second-order valence-electron chi connectivity index (χ2n) is 5.42. The molecule has 1 aliphatic carbocycles. The molecule has 0 aliphatic heterocycles. The molecule has 3 N–H and O–H groups in total. The Labute approximate surface area is 131 Å². The summed E-state index contributed by atoms with van der Waals surface area (Å²) in [6, 6.07) is 4.74. The Morgan fingerprint density at radius 2 is 1.95 bits per heavy atom. The van der Waals surface area contributed by atoms with E-state index in [1.165, 1.54) is 0 Å². The third-order valence-corrected chi connectivity index (χ3v) is 3.87. The minimum atomic E-state index is -1.25. The lowest BCUT2D eigenvalue weighted by Gasteiger charge is -2.32. The van der Waals surface area contributed by atoms with E-state index in [4.69, 9.17) is 16.7 Å². The van der Waals surface area contributed by atoms with Crippen molar-refractivity contribution in [1.82, 2.24) is 5.32 Å². The van der Waals surface area contributed by atoms with Gasteiger partial charge in [-0.2, -0.15) is 0 Å². The topological polar surface area (TPSA) is 104 Å². The predicted octanol–water partition coefficient (Wildman–Crippen LogP) is 1.67. The van der Waals surface area contributed by atoms with Gasteiger partial charge in [0.1, 0.15) is 17.9 Å². The van der Waals surface area contributed by atoms with Crippen molar-refractivity contribution in [3.63, 3.8) is 0 Å². The van der Waals surface area contributed by atoms with E-state index >= 15 is 0 Å². The molecular weight excluding hydrogens is 310 g/mol. The van der Waals surface area contributed by atoms with E-state index in [0.717, 1.165) is 0 Å². The molecule has 7 heteroatoms. The summed E-state index contributed by atoms with van der Waals surface area (Å²) >= 11 is 6.12. The van der Waals surface area contributed by atoms with Gasteiger partial charge in [0.15, 0.2) is 5.78 Å². The van der Waals surface area contributed by atoms with Gasteiger partial charge >= 0.3 is 5.97 Å². The first kappa shape index (κ1) is 16.0. The Kier molecular flexibility index (Phi) is 3.98. The van der Waals surface area contributed by atoms with Crippen LogP contribution in [0.3, 0.4) is 0 Å². The monoisotopic (exact) mass is 323 g/mol. The van der Waals surface area contributed by atoms with E-state index in [1.54, 1.807) is 32.0 Å². The lowest BCUT2D eigenvalue weighted by atomic mass is 9.71. The van der Waals surface area contributed by atoms with Crippen LogP contribution in [-0.2, 0) is 19.8 Å². The molecule has 0 atom stereocenters. The number of carbonyl (C=O) groups is 3. The molecule has 1 amide bonds. The number of aliphatic hydroxyl groups is 1. The van der Waals surface area contributed by atoms with Crippen LogP contribution in [0.25, 0.3) is 5.76 Å². The molecule has 22 heavy (non-hydrogen) atoms. The molecule has 0 heterocycles. The van der Waals surface area contributed by atoms with E-state index in [1.807, 2.05) is 0 Å². The number of aliphatic carboxylic acids is 1.